The molecule has 10 heteroatoms. The lowest BCUT2D eigenvalue weighted by molar-refractivity contribution is -0.127. The zero-order chi connectivity index (χ0) is 26.6. The van der Waals surface area contributed by atoms with Gasteiger partial charge in [0.25, 0.3) is 0 Å². The molecule has 0 aliphatic carbocycles. The van der Waals surface area contributed by atoms with Gasteiger partial charge in [-0.3, -0.25) is 9.78 Å². The first-order valence-electron chi connectivity index (χ1n) is 11.9. The van der Waals surface area contributed by atoms with Gasteiger partial charge in [-0.25, -0.2) is 4.98 Å². The molecule has 0 spiro atoms. The molecule has 9 nitrogen and oxygen atoms in total. The Balaban J connectivity index is 1.49. The molecule has 192 valence electrons. The van der Waals surface area contributed by atoms with Crippen LogP contribution in [0.25, 0.3) is 22.2 Å². The highest BCUT2D eigenvalue weighted by Crippen LogP contribution is 2.39. The molecule has 0 atom stereocenters. The predicted octanol–water partition coefficient (Wildman–Crippen LogP) is 5.72. The summed E-state index contributed by atoms with van der Waals surface area (Å²) in [6.07, 6.45) is 7.03. The van der Waals surface area contributed by atoms with Crippen LogP contribution in [0, 0.1) is 11.3 Å². The number of carbonyl (C=O) groups excluding carboxylic acids is 1. The van der Waals surface area contributed by atoms with E-state index in [0.717, 1.165) is 0 Å². The highest BCUT2D eigenvalue weighted by Gasteiger charge is 2.24. The molecule has 2 aromatic heterocycles. The molecule has 5 rings (SSSR count). The molecule has 1 aliphatic rings. The summed E-state index contributed by atoms with van der Waals surface area (Å²) in [5.74, 6) is 1.52. The van der Waals surface area contributed by atoms with Crippen LogP contribution in [0.5, 0.6) is 11.5 Å². The average molecular weight is 530 g/mol. The third-order valence-corrected chi connectivity index (χ3v) is 6.76. The molecule has 0 radical (unpaired) electrons. The number of anilines is 2. The Morgan fingerprint density at radius 2 is 2.08 bits per heavy atom. The van der Waals surface area contributed by atoms with Crippen LogP contribution in [-0.2, 0) is 4.79 Å². The fourth-order valence-corrected chi connectivity index (χ4v) is 4.67. The van der Waals surface area contributed by atoms with Gasteiger partial charge in [-0.05, 0) is 30.3 Å². The van der Waals surface area contributed by atoms with Crippen molar-refractivity contribution in [1.29, 1.82) is 5.26 Å². The van der Waals surface area contributed by atoms with E-state index in [4.69, 9.17) is 25.5 Å². The van der Waals surface area contributed by atoms with E-state index in [-0.39, 0.29) is 12.0 Å². The molecule has 1 amide bonds. The highest BCUT2D eigenvalue weighted by atomic mass is 35.5. The minimum Gasteiger partial charge on any atom is -0.493 e. The van der Waals surface area contributed by atoms with Crippen molar-refractivity contribution in [1.82, 2.24) is 14.9 Å². The van der Waals surface area contributed by atoms with Gasteiger partial charge >= 0.3 is 0 Å². The van der Waals surface area contributed by atoms with Crippen molar-refractivity contribution in [2.45, 2.75) is 18.9 Å². The molecule has 0 unspecified atom stereocenters. The summed E-state index contributed by atoms with van der Waals surface area (Å²) in [4.78, 5) is 22.1. The molecule has 1 fully saturated rings. The van der Waals surface area contributed by atoms with Crippen LogP contribution in [0.1, 0.15) is 18.4 Å². The van der Waals surface area contributed by atoms with Gasteiger partial charge in [0.05, 0.1) is 35.1 Å². The second-order valence-corrected chi connectivity index (χ2v) is 9.12. The van der Waals surface area contributed by atoms with Crippen molar-refractivity contribution >= 4 is 39.8 Å². The van der Waals surface area contributed by atoms with Crippen LogP contribution in [0.15, 0.2) is 66.2 Å². The van der Waals surface area contributed by atoms with E-state index in [1.165, 1.54) is 18.7 Å². The minimum absolute atomic E-state index is 0.0776. The number of halogens is 1. The number of nitrogens with one attached hydrogen (secondary N) is 1. The molecule has 3 heterocycles. The second kappa shape index (κ2) is 10.8. The molecule has 1 saturated heterocycles. The van der Waals surface area contributed by atoms with Crippen LogP contribution >= 0.6 is 11.6 Å². The normalized spacial score (nSPS) is 13.7. The van der Waals surface area contributed by atoms with Gasteiger partial charge in [0, 0.05) is 54.8 Å². The maximum absolute atomic E-state index is 11.9. The molecule has 4 aromatic rings. The van der Waals surface area contributed by atoms with E-state index < -0.39 is 0 Å². The minimum atomic E-state index is -0.0977. The summed E-state index contributed by atoms with van der Waals surface area (Å²) < 4.78 is 17.4. The first-order chi connectivity index (χ1) is 18.5. The number of amides is 1. The van der Waals surface area contributed by atoms with Crippen LogP contribution < -0.4 is 14.8 Å². The summed E-state index contributed by atoms with van der Waals surface area (Å²) >= 11 is 6.39. The van der Waals surface area contributed by atoms with E-state index in [1.54, 1.807) is 30.3 Å². The number of hydrogen-bond acceptors (Lipinski definition) is 8. The Morgan fingerprint density at radius 3 is 2.76 bits per heavy atom. The maximum atomic E-state index is 11.9. The number of ether oxygens (including phenoxy) is 2. The lowest BCUT2D eigenvalue weighted by atomic mass is 10.1. The zero-order valence-corrected chi connectivity index (χ0v) is 21.4. The lowest BCUT2D eigenvalue weighted by Gasteiger charge is -2.31. The number of aromatic nitrogens is 2. The highest BCUT2D eigenvalue weighted by molar-refractivity contribution is 6.33. The first-order valence-corrected chi connectivity index (χ1v) is 12.3. The number of rotatable bonds is 7. The Hall–Kier alpha value is -4.55. The van der Waals surface area contributed by atoms with Crippen molar-refractivity contribution in [2.24, 2.45) is 0 Å². The molecule has 38 heavy (non-hydrogen) atoms. The SMILES string of the molecule is C=CC(=O)N1CCC(Oc2cc3c(Nc4ccc(Cl)c(-c5cnco5)c4)c(C#N)cnc3cc2OC)CC1. The number of likely N-dealkylation sites (tertiary alicyclic amines) is 1. The fourth-order valence-electron chi connectivity index (χ4n) is 4.46. The summed E-state index contributed by atoms with van der Waals surface area (Å²) in [7, 11) is 1.57. The smallest absolute Gasteiger partial charge is 0.245 e. The van der Waals surface area contributed by atoms with Gasteiger partial charge in [0.15, 0.2) is 23.7 Å². The third kappa shape index (κ3) is 4.99. The summed E-state index contributed by atoms with van der Waals surface area (Å²) in [6.45, 7) is 4.73. The average Bonchev–Trinajstić information content (AvgIpc) is 3.49. The Labute approximate surface area is 224 Å². The molecule has 1 aliphatic heterocycles. The Morgan fingerprint density at radius 1 is 1.26 bits per heavy atom. The van der Waals surface area contributed by atoms with Crippen molar-refractivity contribution < 1.29 is 18.7 Å². The van der Waals surface area contributed by atoms with Gasteiger partial charge < -0.3 is 24.1 Å². The van der Waals surface area contributed by atoms with Gasteiger partial charge in [0.2, 0.25) is 5.91 Å². The Kier molecular flexibility index (Phi) is 7.15. The number of methoxy groups -OCH3 is 1. The van der Waals surface area contributed by atoms with Gasteiger partial charge in [0.1, 0.15) is 12.2 Å². The molecular formula is C28H24ClN5O4. The largest absolute Gasteiger partial charge is 0.493 e. The number of nitrogens with zero attached hydrogens (tertiary/aromatic N) is 4. The van der Waals surface area contributed by atoms with Crippen molar-refractivity contribution in [3.05, 3.63) is 72.4 Å². The maximum Gasteiger partial charge on any atom is 0.245 e. The fraction of sp³-hybridized carbons (Fsp3) is 0.214. The number of pyridine rings is 1. The number of fused-ring (bicyclic) bond motifs is 1. The third-order valence-electron chi connectivity index (χ3n) is 6.43. The summed E-state index contributed by atoms with van der Waals surface area (Å²) in [5, 5.41) is 14.4. The first kappa shape index (κ1) is 25.1. The van der Waals surface area contributed by atoms with Crippen LogP contribution in [0.3, 0.4) is 0 Å². The Bertz CT molecular complexity index is 1540. The van der Waals surface area contributed by atoms with Gasteiger partial charge in [-0.2, -0.15) is 5.26 Å². The number of hydrogen-bond donors (Lipinski definition) is 1. The molecular weight excluding hydrogens is 506 g/mol. The zero-order valence-electron chi connectivity index (χ0n) is 20.6. The number of carbonyl (C=O) groups is 1. The van der Waals surface area contributed by atoms with Crippen molar-refractivity contribution in [3.8, 4) is 28.9 Å². The second-order valence-electron chi connectivity index (χ2n) is 8.71. The molecule has 0 saturated carbocycles. The van der Waals surface area contributed by atoms with E-state index in [9.17, 15) is 10.1 Å². The topological polar surface area (TPSA) is 114 Å². The monoisotopic (exact) mass is 529 g/mol. The quantitative estimate of drug-likeness (QED) is 0.302. The predicted molar refractivity (Wildman–Crippen MR) is 144 cm³/mol. The van der Waals surface area contributed by atoms with E-state index in [0.29, 0.717) is 81.6 Å². The number of oxazole rings is 1. The van der Waals surface area contributed by atoms with Crippen LogP contribution in [0.2, 0.25) is 5.02 Å². The molecule has 1 N–H and O–H groups in total. The standard InChI is InChI=1S/C28H24ClN5O4/c1-3-27(35)34-8-6-19(7-9-34)38-25-11-21-23(12-24(25)36-2)32-14-17(13-30)28(21)33-18-4-5-22(29)20(10-18)26-15-31-16-37-26/h3-5,10-12,14-16,19H,1,6-9H2,2H3,(H,32,33). The number of nitriles is 1. The molecule has 0 bridgehead atoms. The van der Waals surface area contributed by atoms with E-state index in [1.807, 2.05) is 18.2 Å². The van der Waals surface area contributed by atoms with Crippen LogP contribution in [0.4, 0.5) is 11.4 Å². The van der Waals surface area contributed by atoms with Gasteiger partial charge in [-0.1, -0.05) is 18.2 Å². The number of benzene rings is 2. The van der Waals surface area contributed by atoms with Gasteiger partial charge in [-0.15, -0.1) is 0 Å². The van der Waals surface area contributed by atoms with Crippen molar-refractivity contribution in [3.63, 3.8) is 0 Å². The van der Waals surface area contributed by atoms with Crippen LogP contribution in [-0.4, -0.2) is 47.1 Å². The summed E-state index contributed by atoms with van der Waals surface area (Å²) in [5.41, 5.74) is 2.93. The molecule has 2 aromatic carbocycles. The van der Waals surface area contributed by atoms with E-state index >= 15 is 0 Å². The summed E-state index contributed by atoms with van der Waals surface area (Å²) in [6, 6.07) is 11.2. The van der Waals surface area contributed by atoms with Crippen molar-refractivity contribution in [2.75, 3.05) is 25.5 Å². The van der Waals surface area contributed by atoms with E-state index in [2.05, 4.69) is 27.9 Å². The lowest BCUT2D eigenvalue weighted by Crippen LogP contribution is -2.41. The number of piperidine rings is 1.